The maximum absolute atomic E-state index is 13.6. The van der Waals surface area contributed by atoms with Gasteiger partial charge in [0.1, 0.15) is 22.9 Å². The number of ketones is 1. The molecule has 1 heterocycles. The lowest BCUT2D eigenvalue weighted by atomic mass is 9.98. The highest BCUT2D eigenvalue weighted by Crippen LogP contribution is 2.32. The molecule has 0 atom stereocenters. The summed E-state index contributed by atoms with van der Waals surface area (Å²) in [5.74, 6) is 0.0657. The molecule has 1 N–H and O–H groups in total. The second-order valence-electron chi connectivity index (χ2n) is 5.35. The molecule has 0 bridgehead atoms. The summed E-state index contributed by atoms with van der Waals surface area (Å²) in [6, 6.07) is 7.43. The highest BCUT2D eigenvalue weighted by molar-refractivity contribution is 14.1. The number of phenols is 1. The maximum Gasteiger partial charge on any atom is 0.197 e. The smallest absolute Gasteiger partial charge is 0.197 e. The van der Waals surface area contributed by atoms with Crippen LogP contribution in [0.15, 0.2) is 34.7 Å². The first-order valence-corrected chi connectivity index (χ1v) is 8.25. The van der Waals surface area contributed by atoms with E-state index in [2.05, 4.69) is 0 Å². The average molecular weight is 424 g/mol. The molecule has 118 valence electrons. The number of benzene rings is 2. The Kier molecular flexibility index (Phi) is 4.14. The molecule has 0 radical (unpaired) electrons. The van der Waals surface area contributed by atoms with Gasteiger partial charge in [-0.05, 0) is 65.4 Å². The first-order valence-electron chi connectivity index (χ1n) is 7.17. The highest BCUT2D eigenvalue weighted by atomic mass is 127. The molecule has 3 nitrogen and oxygen atoms in total. The van der Waals surface area contributed by atoms with E-state index in [1.807, 2.05) is 29.5 Å². The molecule has 2 aromatic carbocycles. The number of carbonyl (C=O) groups excluding carboxylic acids is 1. The SMILES string of the molecule is CCc1oc2ccc(F)cc2c1C(=O)c1cc(C)c(O)c(I)c1. The van der Waals surface area contributed by atoms with Crippen molar-refractivity contribution < 1.29 is 18.7 Å². The van der Waals surface area contributed by atoms with Gasteiger partial charge in [0.2, 0.25) is 0 Å². The molecule has 3 rings (SSSR count). The molecule has 0 spiro atoms. The summed E-state index contributed by atoms with van der Waals surface area (Å²) in [5.41, 5.74) is 1.96. The first kappa shape index (κ1) is 16.0. The fourth-order valence-electron chi connectivity index (χ4n) is 2.63. The number of hydrogen-bond donors (Lipinski definition) is 1. The summed E-state index contributed by atoms with van der Waals surface area (Å²) >= 11 is 1.98. The van der Waals surface area contributed by atoms with Crippen LogP contribution in [0.5, 0.6) is 5.75 Å². The van der Waals surface area contributed by atoms with Crippen molar-refractivity contribution in [3.63, 3.8) is 0 Å². The Balaban J connectivity index is 2.23. The van der Waals surface area contributed by atoms with Crippen molar-refractivity contribution in [2.75, 3.05) is 0 Å². The molecule has 1 aromatic heterocycles. The van der Waals surface area contributed by atoms with E-state index in [0.29, 0.717) is 43.4 Å². The Labute approximate surface area is 146 Å². The molecular weight excluding hydrogens is 410 g/mol. The van der Waals surface area contributed by atoms with E-state index in [1.165, 1.54) is 18.2 Å². The van der Waals surface area contributed by atoms with Crippen LogP contribution >= 0.6 is 22.6 Å². The summed E-state index contributed by atoms with van der Waals surface area (Å²) in [6.45, 7) is 3.62. The van der Waals surface area contributed by atoms with E-state index in [1.54, 1.807) is 19.1 Å². The predicted octanol–water partition coefficient (Wildman–Crippen LogP) is 4.98. The molecular formula is C18H14FIO3. The molecule has 0 aliphatic carbocycles. The van der Waals surface area contributed by atoms with E-state index in [9.17, 15) is 14.3 Å². The Morgan fingerprint density at radius 1 is 1.30 bits per heavy atom. The molecule has 0 fully saturated rings. The van der Waals surface area contributed by atoms with Gasteiger partial charge in [-0.25, -0.2) is 4.39 Å². The standard InChI is InChI=1S/C18H14FIO3/c1-3-14-16(12-8-11(19)4-5-15(12)23-14)18(22)10-6-9(2)17(21)13(20)7-10/h4-8,21H,3H2,1-2H3. The number of aromatic hydroxyl groups is 1. The summed E-state index contributed by atoms with van der Waals surface area (Å²) in [7, 11) is 0. The zero-order valence-corrected chi connectivity index (χ0v) is 14.8. The third-order valence-electron chi connectivity index (χ3n) is 3.79. The molecule has 0 saturated heterocycles. The molecule has 0 amide bonds. The van der Waals surface area contributed by atoms with Crippen molar-refractivity contribution in [3.8, 4) is 5.75 Å². The van der Waals surface area contributed by atoms with E-state index in [-0.39, 0.29) is 11.5 Å². The molecule has 0 aliphatic heterocycles. The topological polar surface area (TPSA) is 50.4 Å². The second-order valence-corrected chi connectivity index (χ2v) is 6.51. The number of halogens is 2. The largest absolute Gasteiger partial charge is 0.507 e. The van der Waals surface area contributed by atoms with Crippen molar-refractivity contribution in [2.24, 2.45) is 0 Å². The average Bonchev–Trinajstić information content (AvgIpc) is 2.89. The number of aryl methyl sites for hydroxylation is 2. The van der Waals surface area contributed by atoms with Gasteiger partial charge >= 0.3 is 0 Å². The van der Waals surface area contributed by atoms with Gasteiger partial charge in [0, 0.05) is 17.4 Å². The van der Waals surface area contributed by atoms with Crippen molar-refractivity contribution in [2.45, 2.75) is 20.3 Å². The van der Waals surface area contributed by atoms with Crippen LogP contribution in [-0.4, -0.2) is 10.9 Å². The van der Waals surface area contributed by atoms with E-state index >= 15 is 0 Å². The van der Waals surface area contributed by atoms with Gasteiger partial charge in [-0.1, -0.05) is 6.92 Å². The van der Waals surface area contributed by atoms with Gasteiger partial charge in [-0.2, -0.15) is 0 Å². The second kappa shape index (κ2) is 5.96. The van der Waals surface area contributed by atoms with Gasteiger partial charge in [0.25, 0.3) is 0 Å². The minimum Gasteiger partial charge on any atom is -0.507 e. The zero-order chi connectivity index (χ0) is 16.7. The van der Waals surface area contributed by atoms with Crippen LogP contribution in [0, 0.1) is 16.3 Å². The van der Waals surface area contributed by atoms with Gasteiger partial charge in [-0.15, -0.1) is 0 Å². The van der Waals surface area contributed by atoms with Crippen molar-refractivity contribution in [3.05, 3.63) is 62.2 Å². The van der Waals surface area contributed by atoms with Crippen molar-refractivity contribution >= 4 is 39.3 Å². The molecule has 0 aliphatic rings. The number of hydrogen-bond acceptors (Lipinski definition) is 3. The zero-order valence-electron chi connectivity index (χ0n) is 12.6. The Hall–Kier alpha value is -1.89. The van der Waals surface area contributed by atoms with Crippen LogP contribution in [0.1, 0.15) is 34.2 Å². The number of rotatable bonds is 3. The molecule has 0 saturated carbocycles. The van der Waals surface area contributed by atoms with Gasteiger partial charge in [0.15, 0.2) is 5.78 Å². The summed E-state index contributed by atoms with van der Waals surface area (Å²) in [4.78, 5) is 13.0. The van der Waals surface area contributed by atoms with E-state index < -0.39 is 5.82 Å². The normalized spacial score (nSPS) is 11.1. The summed E-state index contributed by atoms with van der Waals surface area (Å²) in [6.07, 6.45) is 0.533. The van der Waals surface area contributed by atoms with Crippen LogP contribution < -0.4 is 0 Å². The number of furan rings is 1. The fourth-order valence-corrected chi connectivity index (χ4v) is 3.39. The van der Waals surface area contributed by atoms with Crippen LogP contribution in [0.2, 0.25) is 0 Å². The Morgan fingerprint density at radius 3 is 2.70 bits per heavy atom. The highest BCUT2D eigenvalue weighted by Gasteiger charge is 2.22. The fraction of sp³-hybridized carbons (Fsp3) is 0.167. The molecule has 23 heavy (non-hydrogen) atoms. The van der Waals surface area contributed by atoms with E-state index in [4.69, 9.17) is 4.42 Å². The van der Waals surface area contributed by atoms with Crippen LogP contribution in [0.25, 0.3) is 11.0 Å². The number of carbonyl (C=O) groups is 1. The van der Waals surface area contributed by atoms with Crippen LogP contribution in [0.4, 0.5) is 4.39 Å². The van der Waals surface area contributed by atoms with Crippen LogP contribution in [0.3, 0.4) is 0 Å². The first-order chi connectivity index (χ1) is 10.9. The third kappa shape index (κ3) is 2.73. The van der Waals surface area contributed by atoms with Gasteiger partial charge in [0.05, 0.1) is 9.13 Å². The Morgan fingerprint density at radius 2 is 2.04 bits per heavy atom. The monoisotopic (exact) mass is 424 g/mol. The Bertz CT molecular complexity index is 904. The predicted molar refractivity (Wildman–Crippen MR) is 94.5 cm³/mol. The van der Waals surface area contributed by atoms with Gasteiger partial charge < -0.3 is 9.52 Å². The minimum atomic E-state index is -0.411. The van der Waals surface area contributed by atoms with Gasteiger partial charge in [-0.3, -0.25) is 4.79 Å². The quantitative estimate of drug-likeness (QED) is 0.477. The molecule has 5 heteroatoms. The third-order valence-corrected chi connectivity index (χ3v) is 4.61. The molecule has 3 aromatic rings. The summed E-state index contributed by atoms with van der Waals surface area (Å²) in [5, 5.41) is 10.3. The molecule has 0 unspecified atom stereocenters. The minimum absolute atomic E-state index is 0.168. The lowest BCUT2D eigenvalue weighted by molar-refractivity contribution is 0.103. The lowest BCUT2D eigenvalue weighted by Crippen LogP contribution is -2.04. The van der Waals surface area contributed by atoms with Crippen LogP contribution in [-0.2, 0) is 6.42 Å². The van der Waals surface area contributed by atoms with Crippen molar-refractivity contribution in [1.82, 2.24) is 0 Å². The maximum atomic E-state index is 13.6. The lowest BCUT2D eigenvalue weighted by Gasteiger charge is -2.07. The van der Waals surface area contributed by atoms with E-state index in [0.717, 1.165) is 0 Å². The summed E-state index contributed by atoms with van der Waals surface area (Å²) < 4.78 is 19.9. The number of fused-ring (bicyclic) bond motifs is 1. The number of phenolic OH excluding ortho intramolecular Hbond substituents is 1. The van der Waals surface area contributed by atoms with Crippen molar-refractivity contribution in [1.29, 1.82) is 0 Å².